The maximum atomic E-state index is 12.7. The second kappa shape index (κ2) is 4.26. The summed E-state index contributed by atoms with van der Waals surface area (Å²) in [6.45, 7) is -0.0919. The van der Waals surface area contributed by atoms with Crippen LogP contribution in [0.3, 0.4) is 0 Å². The first-order valence-electron chi connectivity index (χ1n) is 5.05. The van der Waals surface area contributed by atoms with Gasteiger partial charge < -0.3 is 0 Å². The molecule has 0 radical (unpaired) electrons. The van der Waals surface area contributed by atoms with Gasteiger partial charge in [-0.3, -0.25) is 0 Å². The molecule has 0 amide bonds. The summed E-state index contributed by atoms with van der Waals surface area (Å²) in [5.41, 5.74) is 0.633. The molecule has 88 valence electrons. The van der Waals surface area contributed by atoms with Gasteiger partial charge in [-0.25, -0.2) is 4.90 Å². The van der Waals surface area contributed by atoms with Crippen molar-refractivity contribution in [3.05, 3.63) is 34.9 Å². The Bertz CT molecular complexity index is 356. The monoisotopic (exact) mass is 249 g/mol. The van der Waals surface area contributed by atoms with Gasteiger partial charge in [0.05, 0.1) is 0 Å². The van der Waals surface area contributed by atoms with Gasteiger partial charge >= 0.3 is 6.30 Å². The molecule has 1 fully saturated rings. The first-order chi connectivity index (χ1) is 7.47. The van der Waals surface area contributed by atoms with Crippen LogP contribution in [0.15, 0.2) is 24.3 Å². The second-order valence-corrected chi connectivity index (χ2v) is 4.39. The van der Waals surface area contributed by atoms with Crippen LogP contribution in [0.5, 0.6) is 0 Å². The Hall–Kier alpha value is -0.740. The number of alkyl halides is 3. The van der Waals surface area contributed by atoms with Gasteiger partial charge in [0, 0.05) is 17.6 Å². The Balaban J connectivity index is 2.08. The van der Waals surface area contributed by atoms with Crippen LogP contribution in [0.1, 0.15) is 18.4 Å². The van der Waals surface area contributed by atoms with E-state index in [1.165, 1.54) is 0 Å². The van der Waals surface area contributed by atoms with E-state index in [1.807, 2.05) is 0 Å². The Kier molecular flexibility index (Phi) is 3.13. The molecule has 0 unspecified atom stereocenters. The predicted molar refractivity (Wildman–Crippen MR) is 56.1 cm³/mol. The van der Waals surface area contributed by atoms with E-state index < -0.39 is 6.30 Å². The number of rotatable bonds is 3. The summed E-state index contributed by atoms with van der Waals surface area (Å²) < 4.78 is 38.0. The zero-order valence-electron chi connectivity index (χ0n) is 8.47. The smallest absolute Gasteiger partial charge is 0.207 e. The standard InChI is InChI=1S/C11H11ClF3N/c12-9-3-1-8(2-4-9)7-16(10-5-6-10)11(13,14)15/h1-4,10H,5-7H2. The van der Waals surface area contributed by atoms with Crippen molar-refractivity contribution in [3.63, 3.8) is 0 Å². The van der Waals surface area contributed by atoms with E-state index in [0.29, 0.717) is 28.3 Å². The minimum Gasteiger partial charge on any atom is -0.207 e. The van der Waals surface area contributed by atoms with Crippen LogP contribution in [0.25, 0.3) is 0 Å². The normalized spacial score (nSPS) is 16.8. The van der Waals surface area contributed by atoms with Crippen molar-refractivity contribution in [1.29, 1.82) is 0 Å². The van der Waals surface area contributed by atoms with E-state index in [0.717, 1.165) is 0 Å². The quantitative estimate of drug-likeness (QED) is 0.736. The van der Waals surface area contributed by atoms with Gasteiger partial charge in [-0.15, -0.1) is 0 Å². The number of benzene rings is 1. The minimum absolute atomic E-state index is 0.0919. The van der Waals surface area contributed by atoms with E-state index in [4.69, 9.17) is 11.6 Å². The Morgan fingerprint density at radius 2 is 1.75 bits per heavy atom. The molecule has 0 aromatic heterocycles. The third-order valence-corrected chi connectivity index (χ3v) is 2.83. The predicted octanol–water partition coefficient (Wildman–Crippen LogP) is 3.82. The minimum atomic E-state index is -4.25. The number of hydrogen-bond donors (Lipinski definition) is 0. The van der Waals surface area contributed by atoms with E-state index in [-0.39, 0.29) is 12.6 Å². The molecule has 16 heavy (non-hydrogen) atoms. The van der Waals surface area contributed by atoms with Gasteiger partial charge in [0.15, 0.2) is 0 Å². The fraction of sp³-hybridized carbons (Fsp3) is 0.455. The summed E-state index contributed by atoms with van der Waals surface area (Å²) in [5.74, 6) is 0. The van der Waals surface area contributed by atoms with Gasteiger partial charge in [0.1, 0.15) is 0 Å². The highest BCUT2D eigenvalue weighted by molar-refractivity contribution is 6.30. The third kappa shape index (κ3) is 2.89. The average Bonchev–Trinajstić information content (AvgIpc) is 2.98. The summed E-state index contributed by atoms with van der Waals surface area (Å²) in [5, 5.41) is 0.536. The molecule has 1 aliphatic carbocycles. The molecule has 0 spiro atoms. The largest absolute Gasteiger partial charge is 0.460 e. The van der Waals surface area contributed by atoms with Crippen molar-refractivity contribution < 1.29 is 13.2 Å². The number of nitrogens with zero attached hydrogens (tertiary/aromatic N) is 1. The lowest BCUT2D eigenvalue weighted by Crippen LogP contribution is -2.39. The van der Waals surface area contributed by atoms with Crippen molar-refractivity contribution in [3.8, 4) is 0 Å². The van der Waals surface area contributed by atoms with Crippen molar-refractivity contribution >= 4 is 11.6 Å². The first-order valence-corrected chi connectivity index (χ1v) is 5.42. The molecular weight excluding hydrogens is 239 g/mol. The maximum Gasteiger partial charge on any atom is 0.460 e. The molecule has 1 aromatic rings. The highest BCUT2D eigenvalue weighted by atomic mass is 35.5. The summed E-state index contributed by atoms with van der Waals surface area (Å²) in [7, 11) is 0. The molecule has 1 saturated carbocycles. The fourth-order valence-electron chi connectivity index (χ4n) is 1.60. The Labute approximate surface area is 96.8 Å². The van der Waals surface area contributed by atoms with Gasteiger partial charge in [-0.2, -0.15) is 13.2 Å². The van der Waals surface area contributed by atoms with Crippen LogP contribution < -0.4 is 0 Å². The number of hydrogen-bond acceptors (Lipinski definition) is 1. The van der Waals surface area contributed by atoms with Crippen molar-refractivity contribution in [1.82, 2.24) is 4.90 Å². The molecule has 1 aliphatic rings. The maximum absolute atomic E-state index is 12.7. The van der Waals surface area contributed by atoms with Gasteiger partial charge in [-0.05, 0) is 30.5 Å². The van der Waals surface area contributed by atoms with Crippen LogP contribution in [0.2, 0.25) is 5.02 Å². The molecule has 2 rings (SSSR count). The molecule has 0 saturated heterocycles. The van der Waals surface area contributed by atoms with Crippen LogP contribution in [0, 0.1) is 0 Å². The summed E-state index contributed by atoms with van der Waals surface area (Å²) >= 11 is 5.68. The fourth-order valence-corrected chi connectivity index (χ4v) is 1.72. The average molecular weight is 250 g/mol. The Morgan fingerprint density at radius 1 is 1.19 bits per heavy atom. The first kappa shape index (κ1) is 11.7. The molecule has 0 aliphatic heterocycles. The molecule has 0 bridgehead atoms. The molecule has 0 heterocycles. The molecule has 0 atom stereocenters. The van der Waals surface area contributed by atoms with Crippen LogP contribution in [-0.2, 0) is 6.54 Å². The number of halogens is 4. The van der Waals surface area contributed by atoms with Crippen LogP contribution >= 0.6 is 11.6 Å². The molecular formula is C11H11ClF3N. The second-order valence-electron chi connectivity index (χ2n) is 3.95. The molecule has 1 nitrogen and oxygen atoms in total. The highest BCUT2D eigenvalue weighted by Crippen LogP contribution is 2.36. The van der Waals surface area contributed by atoms with Gasteiger partial charge in [0.2, 0.25) is 0 Å². The zero-order chi connectivity index (χ0) is 11.8. The summed E-state index contributed by atoms with van der Waals surface area (Å²) in [4.78, 5) is 0.593. The lowest BCUT2D eigenvalue weighted by atomic mass is 10.2. The van der Waals surface area contributed by atoms with Crippen LogP contribution in [-0.4, -0.2) is 17.2 Å². The zero-order valence-corrected chi connectivity index (χ0v) is 9.22. The summed E-state index contributed by atoms with van der Waals surface area (Å²) in [6.07, 6.45) is -2.99. The Morgan fingerprint density at radius 3 is 2.19 bits per heavy atom. The van der Waals surface area contributed by atoms with Crippen LogP contribution in [0.4, 0.5) is 13.2 Å². The molecule has 1 aromatic carbocycles. The van der Waals surface area contributed by atoms with Gasteiger partial charge in [0.25, 0.3) is 0 Å². The van der Waals surface area contributed by atoms with E-state index >= 15 is 0 Å². The van der Waals surface area contributed by atoms with E-state index in [9.17, 15) is 13.2 Å². The van der Waals surface area contributed by atoms with Crippen molar-refractivity contribution in [2.24, 2.45) is 0 Å². The lowest BCUT2D eigenvalue weighted by molar-refractivity contribution is -0.253. The summed E-state index contributed by atoms with van der Waals surface area (Å²) in [6, 6.07) is 6.14. The van der Waals surface area contributed by atoms with E-state index in [2.05, 4.69) is 0 Å². The molecule has 0 N–H and O–H groups in total. The molecule has 5 heteroatoms. The lowest BCUT2D eigenvalue weighted by Gasteiger charge is -2.24. The SMILES string of the molecule is FC(F)(F)N(Cc1ccc(Cl)cc1)C1CC1. The van der Waals surface area contributed by atoms with Gasteiger partial charge in [-0.1, -0.05) is 23.7 Å². The van der Waals surface area contributed by atoms with Crippen molar-refractivity contribution in [2.75, 3.05) is 0 Å². The highest BCUT2D eigenvalue weighted by Gasteiger charge is 2.45. The van der Waals surface area contributed by atoms with Crippen molar-refractivity contribution in [2.45, 2.75) is 31.7 Å². The third-order valence-electron chi connectivity index (χ3n) is 2.58. The topological polar surface area (TPSA) is 3.24 Å². The van der Waals surface area contributed by atoms with E-state index in [1.54, 1.807) is 24.3 Å².